The topological polar surface area (TPSA) is 9.34 Å². The smallest absolute Gasteiger partial charge is 0.251 e. The van der Waals surface area contributed by atoms with Gasteiger partial charge in [-0.1, -0.05) is 86.9 Å². The molecule has 0 atom stereocenters. The second-order valence-electron chi connectivity index (χ2n) is 15.3. The van der Waals surface area contributed by atoms with Gasteiger partial charge in [0.1, 0.15) is 5.65 Å². The highest BCUT2D eigenvalue weighted by molar-refractivity contribution is 7.02. The highest BCUT2D eigenvalue weighted by atomic mass is 15.1. The number of aromatic nitrogens is 2. The van der Waals surface area contributed by atoms with Crippen LogP contribution in [-0.4, -0.2) is 15.7 Å². The SMILES string of the molecule is Cc1cc2c3c(c1)-n1c4ccc(C(C)(C)C)cc4n4c5c6c(ccc5c(c14)B3c1cccc3cccc-2c13)C1CCC6CC1. The fourth-order valence-electron chi connectivity index (χ4n) is 10.1. The Morgan fingerprint density at radius 2 is 1.55 bits per heavy atom. The maximum absolute atomic E-state index is 2.74. The number of hydrogen-bond donors (Lipinski definition) is 0. The molecule has 2 aromatic heterocycles. The molecule has 3 aliphatic carbocycles. The summed E-state index contributed by atoms with van der Waals surface area (Å²) in [4.78, 5) is 0. The summed E-state index contributed by atoms with van der Waals surface area (Å²) in [5.41, 5.74) is 20.4. The molecule has 212 valence electrons. The van der Waals surface area contributed by atoms with Crippen LogP contribution in [0.25, 0.3) is 55.2 Å². The van der Waals surface area contributed by atoms with Crippen molar-refractivity contribution in [2.24, 2.45) is 0 Å². The van der Waals surface area contributed by atoms with Crippen LogP contribution in [-0.2, 0) is 5.41 Å². The highest BCUT2D eigenvalue weighted by Gasteiger charge is 2.44. The van der Waals surface area contributed by atoms with E-state index in [1.807, 2.05) is 0 Å². The standard InChI is InChI=1S/C41H35BN2/c1-22-19-30-28-9-5-7-24-8-6-10-31(35(24)28)42-37(30)34(20-22)43-32-18-15-26(41(2,3)4)21-33(32)44-39-29(38(42)40(43)44)17-16-27-23-11-13-25(14-12-23)36(27)39/h5-10,15-21,23,25H,11-14H2,1-4H3. The molecule has 0 saturated heterocycles. The van der Waals surface area contributed by atoms with Gasteiger partial charge in [0.15, 0.2) is 0 Å². The Labute approximate surface area is 258 Å². The molecule has 0 spiro atoms. The predicted octanol–water partition coefficient (Wildman–Crippen LogP) is 8.36. The van der Waals surface area contributed by atoms with Gasteiger partial charge in [-0.2, -0.15) is 0 Å². The molecule has 7 aromatic rings. The molecule has 0 amide bonds. The Balaban J connectivity index is 1.41. The van der Waals surface area contributed by atoms with Crippen molar-refractivity contribution in [3.8, 4) is 16.8 Å². The van der Waals surface area contributed by atoms with Gasteiger partial charge in [-0.3, -0.25) is 8.97 Å². The molecule has 44 heavy (non-hydrogen) atoms. The van der Waals surface area contributed by atoms with Crippen molar-refractivity contribution < 1.29 is 0 Å². The molecular formula is C41H35BN2. The van der Waals surface area contributed by atoms with Crippen LogP contribution in [0, 0.1) is 6.92 Å². The average molecular weight is 567 g/mol. The van der Waals surface area contributed by atoms with Gasteiger partial charge in [0.25, 0.3) is 6.71 Å². The molecule has 0 radical (unpaired) electrons. The van der Waals surface area contributed by atoms with Crippen molar-refractivity contribution in [2.75, 3.05) is 0 Å². The lowest BCUT2D eigenvalue weighted by atomic mass is 9.32. The van der Waals surface area contributed by atoms with Crippen LogP contribution in [0.2, 0.25) is 0 Å². The third-order valence-electron chi connectivity index (χ3n) is 12.0. The molecule has 2 bridgehead atoms. The van der Waals surface area contributed by atoms with Gasteiger partial charge in [-0.05, 0) is 129 Å². The van der Waals surface area contributed by atoms with Crippen LogP contribution in [0.15, 0.2) is 78.9 Å². The first-order chi connectivity index (χ1) is 21.4. The third kappa shape index (κ3) is 2.69. The van der Waals surface area contributed by atoms with E-state index in [-0.39, 0.29) is 12.1 Å². The van der Waals surface area contributed by atoms with E-state index in [0.717, 1.165) is 5.92 Å². The molecule has 12 rings (SSSR count). The number of fused-ring (bicyclic) bond motifs is 12. The summed E-state index contributed by atoms with van der Waals surface area (Å²) in [5.74, 6) is 1.39. The monoisotopic (exact) mass is 566 g/mol. The summed E-state index contributed by atoms with van der Waals surface area (Å²) in [5, 5.41) is 4.26. The Hall–Kier alpha value is -4.24. The number of aryl methyl sites for hydroxylation is 1. The summed E-state index contributed by atoms with van der Waals surface area (Å²) < 4.78 is 5.39. The largest absolute Gasteiger partial charge is 0.295 e. The quantitative estimate of drug-likeness (QED) is 0.163. The molecule has 2 aliphatic heterocycles. The van der Waals surface area contributed by atoms with E-state index in [9.17, 15) is 0 Å². The van der Waals surface area contributed by atoms with Crippen molar-refractivity contribution in [1.29, 1.82) is 0 Å². The van der Waals surface area contributed by atoms with Gasteiger partial charge in [0.05, 0.1) is 16.6 Å². The molecule has 3 heteroatoms. The summed E-state index contributed by atoms with van der Waals surface area (Å²) in [6.45, 7) is 9.54. The predicted molar refractivity (Wildman–Crippen MR) is 187 cm³/mol. The summed E-state index contributed by atoms with van der Waals surface area (Å²) in [7, 11) is 0. The molecule has 2 nitrogen and oxygen atoms in total. The fourth-order valence-corrected chi connectivity index (χ4v) is 10.1. The second-order valence-corrected chi connectivity index (χ2v) is 15.3. The van der Waals surface area contributed by atoms with Crippen molar-refractivity contribution in [1.82, 2.24) is 8.97 Å². The van der Waals surface area contributed by atoms with Crippen molar-refractivity contribution >= 4 is 61.5 Å². The van der Waals surface area contributed by atoms with Crippen LogP contribution in [0.5, 0.6) is 0 Å². The lowest BCUT2D eigenvalue weighted by Gasteiger charge is -2.38. The number of nitrogens with zero attached hydrogens (tertiary/aromatic N) is 2. The minimum absolute atomic E-state index is 0.0808. The van der Waals surface area contributed by atoms with Crippen molar-refractivity contribution in [3.05, 3.63) is 101 Å². The maximum atomic E-state index is 2.74. The first-order valence-electron chi connectivity index (χ1n) is 16.7. The Morgan fingerprint density at radius 1 is 0.750 bits per heavy atom. The molecule has 4 heterocycles. The fraction of sp³-hybridized carbons (Fsp3) is 0.268. The van der Waals surface area contributed by atoms with Gasteiger partial charge in [0.2, 0.25) is 0 Å². The zero-order valence-electron chi connectivity index (χ0n) is 26.0. The molecule has 5 aromatic carbocycles. The van der Waals surface area contributed by atoms with E-state index in [1.54, 1.807) is 11.1 Å². The number of rotatable bonds is 0. The minimum Gasteiger partial charge on any atom is -0.295 e. The van der Waals surface area contributed by atoms with E-state index in [2.05, 4.69) is 116 Å². The van der Waals surface area contributed by atoms with E-state index >= 15 is 0 Å². The van der Waals surface area contributed by atoms with Gasteiger partial charge in [-0.25, -0.2) is 0 Å². The van der Waals surface area contributed by atoms with Crippen molar-refractivity contribution in [3.63, 3.8) is 0 Å². The van der Waals surface area contributed by atoms with Crippen LogP contribution in [0.3, 0.4) is 0 Å². The van der Waals surface area contributed by atoms with E-state index in [4.69, 9.17) is 0 Å². The average Bonchev–Trinajstić information content (AvgIpc) is 3.55. The van der Waals surface area contributed by atoms with Gasteiger partial charge >= 0.3 is 0 Å². The minimum atomic E-state index is 0.0808. The van der Waals surface area contributed by atoms with Crippen LogP contribution < -0.4 is 16.4 Å². The lowest BCUT2D eigenvalue weighted by Crippen LogP contribution is -2.58. The Morgan fingerprint density at radius 3 is 2.36 bits per heavy atom. The lowest BCUT2D eigenvalue weighted by molar-refractivity contribution is 0.361. The van der Waals surface area contributed by atoms with E-state index in [1.165, 1.54) is 108 Å². The second kappa shape index (κ2) is 7.69. The van der Waals surface area contributed by atoms with E-state index < -0.39 is 0 Å². The number of benzene rings is 5. The van der Waals surface area contributed by atoms with Crippen LogP contribution in [0.4, 0.5) is 0 Å². The first kappa shape index (κ1) is 24.1. The Bertz CT molecular complexity index is 2450. The molecule has 0 unspecified atom stereocenters. The van der Waals surface area contributed by atoms with E-state index in [0.29, 0.717) is 5.92 Å². The van der Waals surface area contributed by atoms with Crippen LogP contribution in [0.1, 0.15) is 80.5 Å². The van der Waals surface area contributed by atoms with Crippen molar-refractivity contribution in [2.45, 2.75) is 70.6 Å². The summed E-state index contributed by atoms with van der Waals surface area (Å²) in [6, 6.07) is 31.3. The zero-order chi connectivity index (χ0) is 29.2. The van der Waals surface area contributed by atoms with Crippen LogP contribution >= 0.6 is 0 Å². The summed E-state index contributed by atoms with van der Waals surface area (Å²) in [6.07, 6.45) is 5.39. The molecular weight excluding hydrogens is 531 g/mol. The molecule has 1 fully saturated rings. The highest BCUT2D eigenvalue weighted by Crippen LogP contribution is 2.52. The third-order valence-corrected chi connectivity index (χ3v) is 12.0. The first-order valence-corrected chi connectivity index (χ1v) is 16.7. The molecule has 1 saturated carbocycles. The van der Waals surface area contributed by atoms with Gasteiger partial charge < -0.3 is 0 Å². The van der Waals surface area contributed by atoms with Gasteiger partial charge in [0, 0.05) is 5.69 Å². The number of imidazole rings is 1. The zero-order valence-corrected chi connectivity index (χ0v) is 26.0. The van der Waals surface area contributed by atoms with Gasteiger partial charge in [-0.15, -0.1) is 0 Å². The molecule has 5 aliphatic rings. The maximum Gasteiger partial charge on any atom is 0.251 e. The molecule has 0 N–H and O–H groups in total. The summed E-state index contributed by atoms with van der Waals surface area (Å²) >= 11 is 0. The normalized spacial score (nSPS) is 19.4. The number of hydrogen-bond acceptors (Lipinski definition) is 0. The Kier molecular flexibility index (Phi) is 4.22.